The van der Waals surface area contributed by atoms with E-state index in [0.717, 1.165) is 39.3 Å². The molecule has 0 aliphatic carbocycles. The van der Waals surface area contributed by atoms with Gasteiger partial charge in [-0.25, -0.2) is 0 Å². The molecule has 0 saturated carbocycles. The van der Waals surface area contributed by atoms with Crippen molar-refractivity contribution in [2.24, 2.45) is 0 Å². The van der Waals surface area contributed by atoms with Crippen LogP contribution < -0.4 is 11.1 Å². The van der Waals surface area contributed by atoms with E-state index in [-0.39, 0.29) is 5.91 Å². The monoisotopic (exact) mass is 281 g/mol. The Bertz CT molecular complexity index is 440. The standard InChI is InChI=1S/C13H23N5O2/c1-2-18-11(10-12(14)16-18)13(19)15-4-3-5-17-6-8-20-9-7-17/h10H,2-9H2,1H3,(H2,14,16)(H,15,19). The number of nitrogens with two attached hydrogens (primary N) is 1. The molecular formula is C13H23N5O2. The van der Waals surface area contributed by atoms with Crippen molar-refractivity contribution in [1.82, 2.24) is 20.0 Å². The minimum absolute atomic E-state index is 0.113. The number of rotatable bonds is 6. The lowest BCUT2D eigenvalue weighted by Gasteiger charge is -2.26. The Hall–Kier alpha value is -1.60. The first kappa shape index (κ1) is 14.8. The molecule has 0 spiro atoms. The van der Waals surface area contributed by atoms with Crippen LogP contribution >= 0.6 is 0 Å². The van der Waals surface area contributed by atoms with Crippen molar-refractivity contribution in [3.63, 3.8) is 0 Å². The molecular weight excluding hydrogens is 258 g/mol. The van der Waals surface area contributed by atoms with Crippen molar-refractivity contribution >= 4 is 11.7 Å². The fourth-order valence-corrected chi connectivity index (χ4v) is 2.28. The predicted molar refractivity (Wildman–Crippen MR) is 76.5 cm³/mol. The zero-order valence-electron chi connectivity index (χ0n) is 12.0. The van der Waals surface area contributed by atoms with Gasteiger partial charge in [0.05, 0.1) is 13.2 Å². The molecule has 1 aromatic heterocycles. The van der Waals surface area contributed by atoms with Crippen molar-refractivity contribution in [3.05, 3.63) is 11.8 Å². The number of amides is 1. The van der Waals surface area contributed by atoms with E-state index in [9.17, 15) is 4.79 Å². The molecule has 1 aromatic rings. The van der Waals surface area contributed by atoms with E-state index >= 15 is 0 Å². The molecule has 1 aliphatic heterocycles. The number of nitrogen functional groups attached to an aromatic ring is 1. The number of carbonyl (C=O) groups is 1. The fraction of sp³-hybridized carbons (Fsp3) is 0.692. The summed E-state index contributed by atoms with van der Waals surface area (Å²) in [7, 11) is 0. The molecule has 0 bridgehead atoms. The molecule has 0 atom stereocenters. The normalized spacial score (nSPS) is 16.2. The molecule has 1 saturated heterocycles. The molecule has 1 amide bonds. The van der Waals surface area contributed by atoms with Crippen LogP contribution in [0.4, 0.5) is 5.82 Å². The van der Waals surface area contributed by atoms with E-state index < -0.39 is 0 Å². The maximum Gasteiger partial charge on any atom is 0.269 e. The lowest BCUT2D eigenvalue weighted by atomic mass is 10.3. The first-order valence-corrected chi connectivity index (χ1v) is 7.12. The largest absolute Gasteiger partial charge is 0.382 e. The van der Waals surface area contributed by atoms with Crippen LogP contribution in [-0.2, 0) is 11.3 Å². The molecule has 112 valence electrons. The number of ether oxygens (including phenoxy) is 1. The zero-order chi connectivity index (χ0) is 14.4. The summed E-state index contributed by atoms with van der Waals surface area (Å²) in [5.41, 5.74) is 6.14. The Morgan fingerprint density at radius 1 is 1.50 bits per heavy atom. The number of morpholine rings is 1. The van der Waals surface area contributed by atoms with Crippen LogP contribution in [0.3, 0.4) is 0 Å². The lowest BCUT2D eigenvalue weighted by molar-refractivity contribution is 0.0374. The second-order valence-corrected chi connectivity index (χ2v) is 4.83. The predicted octanol–water partition coefficient (Wildman–Crippen LogP) is -0.0627. The van der Waals surface area contributed by atoms with Crippen LogP contribution in [0.5, 0.6) is 0 Å². The molecule has 0 unspecified atom stereocenters. The Kier molecular flexibility index (Phi) is 5.37. The van der Waals surface area contributed by atoms with Gasteiger partial charge < -0.3 is 15.8 Å². The number of aryl methyl sites for hydroxylation is 1. The summed E-state index contributed by atoms with van der Waals surface area (Å²) >= 11 is 0. The van der Waals surface area contributed by atoms with Crippen molar-refractivity contribution in [2.75, 3.05) is 45.1 Å². The van der Waals surface area contributed by atoms with Gasteiger partial charge in [0.2, 0.25) is 0 Å². The van der Waals surface area contributed by atoms with E-state index in [4.69, 9.17) is 10.5 Å². The third-order valence-electron chi connectivity index (χ3n) is 3.37. The van der Waals surface area contributed by atoms with Crippen LogP contribution in [0.15, 0.2) is 6.07 Å². The van der Waals surface area contributed by atoms with Gasteiger partial charge in [-0.1, -0.05) is 0 Å². The summed E-state index contributed by atoms with van der Waals surface area (Å²) < 4.78 is 6.91. The van der Waals surface area contributed by atoms with Gasteiger partial charge in [0.15, 0.2) is 0 Å². The third kappa shape index (κ3) is 3.94. The van der Waals surface area contributed by atoms with Gasteiger partial charge in [0.1, 0.15) is 11.5 Å². The van der Waals surface area contributed by atoms with Crippen molar-refractivity contribution in [2.45, 2.75) is 19.9 Å². The summed E-state index contributed by atoms with van der Waals surface area (Å²) in [6, 6.07) is 1.61. The Morgan fingerprint density at radius 3 is 2.95 bits per heavy atom. The molecule has 0 radical (unpaired) electrons. The Morgan fingerprint density at radius 2 is 2.25 bits per heavy atom. The number of aromatic nitrogens is 2. The van der Waals surface area contributed by atoms with Gasteiger partial charge in [-0.05, 0) is 19.9 Å². The summed E-state index contributed by atoms with van der Waals surface area (Å²) in [5.74, 6) is 0.267. The molecule has 1 aliphatic rings. The topological polar surface area (TPSA) is 85.4 Å². The van der Waals surface area contributed by atoms with Crippen LogP contribution in [0.1, 0.15) is 23.8 Å². The molecule has 2 rings (SSSR count). The molecule has 7 heteroatoms. The highest BCUT2D eigenvalue weighted by Crippen LogP contribution is 2.06. The van der Waals surface area contributed by atoms with Gasteiger partial charge in [0.25, 0.3) is 5.91 Å². The molecule has 1 fully saturated rings. The van der Waals surface area contributed by atoms with Gasteiger partial charge in [0, 0.05) is 32.2 Å². The highest BCUT2D eigenvalue weighted by Gasteiger charge is 2.13. The fourth-order valence-electron chi connectivity index (χ4n) is 2.28. The number of carbonyl (C=O) groups excluding carboxylic acids is 1. The minimum atomic E-state index is -0.113. The summed E-state index contributed by atoms with van der Waals surface area (Å²) in [6.07, 6.45) is 0.932. The molecule has 7 nitrogen and oxygen atoms in total. The van der Waals surface area contributed by atoms with Crippen LogP contribution in [-0.4, -0.2) is 60.0 Å². The van der Waals surface area contributed by atoms with Crippen LogP contribution in [0.2, 0.25) is 0 Å². The first-order chi connectivity index (χ1) is 9.70. The highest BCUT2D eigenvalue weighted by atomic mass is 16.5. The maximum absolute atomic E-state index is 12.0. The van der Waals surface area contributed by atoms with Crippen LogP contribution in [0.25, 0.3) is 0 Å². The van der Waals surface area contributed by atoms with Crippen molar-refractivity contribution in [3.8, 4) is 0 Å². The minimum Gasteiger partial charge on any atom is -0.382 e. The third-order valence-corrected chi connectivity index (χ3v) is 3.37. The maximum atomic E-state index is 12.0. The number of anilines is 1. The molecule has 0 aromatic carbocycles. The van der Waals surface area contributed by atoms with Gasteiger partial charge in [-0.2, -0.15) is 5.10 Å². The van der Waals surface area contributed by atoms with E-state index in [1.54, 1.807) is 10.7 Å². The zero-order valence-corrected chi connectivity index (χ0v) is 12.0. The van der Waals surface area contributed by atoms with Crippen molar-refractivity contribution < 1.29 is 9.53 Å². The molecule has 20 heavy (non-hydrogen) atoms. The number of hydrogen-bond acceptors (Lipinski definition) is 5. The lowest BCUT2D eigenvalue weighted by Crippen LogP contribution is -2.38. The van der Waals surface area contributed by atoms with Crippen LogP contribution in [0, 0.1) is 0 Å². The van der Waals surface area contributed by atoms with E-state index in [1.807, 2.05) is 6.92 Å². The van der Waals surface area contributed by atoms with Gasteiger partial charge >= 0.3 is 0 Å². The average Bonchev–Trinajstić information content (AvgIpc) is 2.86. The number of nitrogens with zero attached hydrogens (tertiary/aromatic N) is 3. The second-order valence-electron chi connectivity index (χ2n) is 4.83. The summed E-state index contributed by atoms with van der Waals surface area (Å²) in [4.78, 5) is 14.4. The SMILES string of the molecule is CCn1nc(N)cc1C(=O)NCCCN1CCOCC1. The van der Waals surface area contributed by atoms with Gasteiger partial charge in [-0.3, -0.25) is 14.4 Å². The first-order valence-electron chi connectivity index (χ1n) is 7.12. The summed E-state index contributed by atoms with van der Waals surface area (Å²) in [6.45, 7) is 7.78. The Balaban J connectivity index is 1.71. The van der Waals surface area contributed by atoms with E-state index in [1.165, 1.54) is 0 Å². The quantitative estimate of drug-likeness (QED) is 0.713. The van der Waals surface area contributed by atoms with E-state index in [0.29, 0.717) is 24.6 Å². The van der Waals surface area contributed by atoms with E-state index in [2.05, 4.69) is 15.3 Å². The number of nitrogens with one attached hydrogen (secondary N) is 1. The number of hydrogen-bond donors (Lipinski definition) is 2. The van der Waals surface area contributed by atoms with Crippen molar-refractivity contribution in [1.29, 1.82) is 0 Å². The average molecular weight is 281 g/mol. The summed E-state index contributed by atoms with van der Waals surface area (Å²) in [5, 5.41) is 6.98. The second kappa shape index (κ2) is 7.25. The molecule has 3 N–H and O–H groups in total. The molecule has 2 heterocycles. The highest BCUT2D eigenvalue weighted by molar-refractivity contribution is 5.93. The Labute approximate surface area is 119 Å². The smallest absolute Gasteiger partial charge is 0.269 e. The van der Waals surface area contributed by atoms with Gasteiger partial charge in [-0.15, -0.1) is 0 Å².